The molecule has 3 rings (SSSR count). The summed E-state index contributed by atoms with van der Waals surface area (Å²) in [6.45, 7) is 3.64. The fraction of sp³-hybridized carbons (Fsp3) is 0.150. The third-order valence-corrected chi connectivity index (χ3v) is 6.95. The number of halogens is 1. The normalized spacial score (nSPS) is 11.2. The van der Waals surface area contributed by atoms with E-state index in [4.69, 9.17) is 16.3 Å². The highest BCUT2D eigenvalue weighted by molar-refractivity contribution is 7.92. The first-order valence-corrected chi connectivity index (χ1v) is 11.2. The molecule has 1 N–H and O–H groups in total. The number of carbonyl (C=O) groups is 1. The van der Waals surface area contributed by atoms with Crippen LogP contribution in [0.5, 0.6) is 0 Å². The molecule has 0 saturated carbocycles. The van der Waals surface area contributed by atoms with Crippen molar-refractivity contribution in [3.05, 3.63) is 70.1 Å². The van der Waals surface area contributed by atoms with Crippen molar-refractivity contribution in [3.63, 3.8) is 0 Å². The van der Waals surface area contributed by atoms with E-state index >= 15 is 0 Å². The van der Waals surface area contributed by atoms with E-state index in [1.807, 2.05) is 0 Å². The predicted molar refractivity (Wildman–Crippen MR) is 113 cm³/mol. The lowest BCUT2D eigenvalue weighted by molar-refractivity contribution is 0.0527. The molecule has 8 heteroatoms. The average molecular weight is 436 g/mol. The molecule has 0 aliphatic heterocycles. The number of nitrogens with one attached hydrogen (secondary N) is 1. The minimum absolute atomic E-state index is 0.107. The van der Waals surface area contributed by atoms with Gasteiger partial charge in [0, 0.05) is 10.6 Å². The quantitative estimate of drug-likeness (QED) is 0.529. The van der Waals surface area contributed by atoms with Gasteiger partial charge in [-0.15, -0.1) is 11.3 Å². The van der Waals surface area contributed by atoms with Crippen molar-refractivity contribution in [3.8, 4) is 10.4 Å². The highest BCUT2D eigenvalue weighted by Gasteiger charge is 2.22. The monoisotopic (exact) mass is 435 g/mol. The number of rotatable bonds is 6. The summed E-state index contributed by atoms with van der Waals surface area (Å²) in [5.74, 6) is -0.453. The molecule has 0 aliphatic rings. The van der Waals surface area contributed by atoms with Gasteiger partial charge in [-0.3, -0.25) is 4.72 Å². The smallest absolute Gasteiger partial charge is 0.338 e. The summed E-state index contributed by atoms with van der Waals surface area (Å²) >= 11 is 7.41. The molecule has 0 atom stereocenters. The van der Waals surface area contributed by atoms with E-state index in [9.17, 15) is 13.2 Å². The van der Waals surface area contributed by atoms with Gasteiger partial charge in [-0.25, -0.2) is 13.2 Å². The van der Waals surface area contributed by atoms with Crippen LogP contribution in [0.1, 0.15) is 22.8 Å². The van der Waals surface area contributed by atoms with Gasteiger partial charge in [0.2, 0.25) is 0 Å². The fourth-order valence-electron chi connectivity index (χ4n) is 2.74. The number of hydrogen-bond donors (Lipinski definition) is 1. The molecule has 2 aromatic carbocycles. The first-order valence-electron chi connectivity index (χ1n) is 8.47. The molecule has 0 spiro atoms. The van der Waals surface area contributed by atoms with Gasteiger partial charge in [0.25, 0.3) is 10.0 Å². The van der Waals surface area contributed by atoms with E-state index < -0.39 is 16.0 Å². The van der Waals surface area contributed by atoms with Crippen molar-refractivity contribution in [2.75, 3.05) is 11.3 Å². The molecule has 0 bridgehead atoms. The Hall–Kier alpha value is -2.35. The SMILES string of the molecule is CCOC(=O)c1ccccc1-c1sccc1NS(=O)(=O)c1cccc(Cl)c1C. The summed E-state index contributed by atoms with van der Waals surface area (Å²) in [5, 5.41) is 2.14. The highest BCUT2D eigenvalue weighted by atomic mass is 35.5. The summed E-state index contributed by atoms with van der Waals surface area (Å²) in [6, 6.07) is 13.4. The molecular formula is C20H18ClNO4S2. The van der Waals surface area contributed by atoms with E-state index in [1.165, 1.54) is 17.4 Å². The summed E-state index contributed by atoms with van der Waals surface area (Å²) in [7, 11) is -3.85. The lowest BCUT2D eigenvalue weighted by atomic mass is 10.1. The van der Waals surface area contributed by atoms with Gasteiger partial charge in [-0.1, -0.05) is 35.9 Å². The number of esters is 1. The number of sulfonamides is 1. The maximum atomic E-state index is 12.9. The molecule has 0 aliphatic carbocycles. The van der Waals surface area contributed by atoms with Crippen LogP contribution in [0.3, 0.4) is 0 Å². The maximum Gasteiger partial charge on any atom is 0.338 e. The second kappa shape index (κ2) is 8.34. The number of benzene rings is 2. The van der Waals surface area contributed by atoms with E-state index in [0.29, 0.717) is 32.3 Å². The molecule has 0 fully saturated rings. The summed E-state index contributed by atoms with van der Waals surface area (Å²) in [5.41, 5.74) is 1.85. The van der Waals surface area contributed by atoms with Gasteiger partial charge in [-0.05, 0) is 49.1 Å². The van der Waals surface area contributed by atoms with Crippen molar-refractivity contribution in [2.45, 2.75) is 18.7 Å². The van der Waals surface area contributed by atoms with Crippen LogP contribution in [-0.4, -0.2) is 21.0 Å². The second-order valence-corrected chi connectivity index (χ2v) is 8.87. The first-order chi connectivity index (χ1) is 13.3. The van der Waals surface area contributed by atoms with Crippen LogP contribution in [0.25, 0.3) is 10.4 Å². The molecule has 5 nitrogen and oxygen atoms in total. The molecule has 1 heterocycles. The fourth-order valence-corrected chi connectivity index (χ4v) is 5.27. The second-order valence-electron chi connectivity index (χ2n) is 5.90. The largest absolute Gasteiger partial charge is 0.462 e. The van der Waals surface area contributed by atoms with Crippen molar-refractivity contribution in [1.82, 2.24) is 0 Å². The van der Waals surface area contributed by atoms with Crippen LogP contribution in [0, 0.1) is 6.92 Å². The number of anilines is 1. The molecule has 146 valence electrons. The molecule has 28 heavy (non-hydrogen) atoms. The molecule has 0 radical (unpaired) electrons. The molecular weight excluding hydrogens is 418 g/mol. The van der Waals surface area contributed by atoms with Gasteiger partial charge in [0.1, 0.15) is 0 Å². The number of thiophene rings is 1. The van der Waals surface area contributed by atoms with Crippen LogP contribution in [0.4, 0.5) is 5.69 Å². The standard InChI is InChI=1S/C20H18ClNO4S2/c1-3-26-20(23)15-8-5-4-7-14(15)19-17(11-12-27-19)22-28(24,25)18-10-6-9-16(21)13(18)2/h4-12,22H,3H2,1-2H3. The zero-order chi connectivity index (χ0) is 20.3. The Labute approximate surface area is 173 Å². The maximum absolute atomic E-state index is 12.9. The minimum Gasteiger partial charge on any atom is -0.462 e. The molecule has 0 unspecified atom stereocenters. The third-order valence-electron chi connectivity index (χ3n) is 4.08. The number of ether oxygens (including phenoxy) is 1. The average Bonchev–Trinajstić information content (AvgIpc) is 3.11. The highest BCUT2D eigenvalue weighted by Crippen LogP contribution is 2.37. The Morgan fingerprint density at radius 3 is 2.64 bits per heavy atom. The zero-order valence-electron chi connectivity index (χ0n) is 15.2. The van der Waals surface area contributed by atoms with E-state index in [0.717, 1.165) is 0 Å². The van der Waals surface area contributed by atoms with E-state index in [-0.39, 0.29) is 11.5 Å². The Kier molecular flexibility index (Phi) is 6.07. The van der Waals surface area contributed by atoms with Crippen LogP contribution >= 0.6 is 22.9 Å². The summed E-state index contributed by atoms with van der Waals surface area (Å²) < 4.78 is 33.6. The van der Waals surface area contributed by atoms with Crippen molar-refractivity contribution < 1.29 is 17.9 Å². The van der Waals surface area contributed by atoms with Crippen molar-refractivity contribution in [2.24, 2.45) is 0 Å². The van der Waals surface area contributed by atoms with Crippen molar-refractivity contribution in [1.29, 1.82) is 0 Å². The predicted octanol–water partition coefficient (Wildman–Crippen LogP) is 5.35. The van der Waals surface area contributed by atoms with Gasteiger partial charge in [0.05, 0.1) is 27.6 Å². The lowest BCUT2D eigenvalue weighted by Gasteiger charge is -2.13. The summed E-state index contributed by atoms with van der Waals surface area (Å²) in [6.07, 6.45) is 0. The van der Waals surface area contributed by atoms with Gasteiger partial charge < -0.3 is 4.74 Å². The molecule has 1 aromatic heterocycles. The minimum atomic E-state index is -3.85. The third kappa shape index (κ3) is 4.06. The Balaban J connectivity index is 2.02. The lowest BCUT2D eigenvalue weighted by Crippen LogP contribution is -2.14. The van der Waals surface area contributed by atoms with Gasteiger partial charge in [0.15, 0.2) is 0 Å². The Morgan fingerprint density at radius 2 is 1.89 bits per heavy atom. The van der Waals surface area contributed by atoms with Gasteiger partial charge >= 0.3 is 5.97 Å². The molecule has 0 saturated heterocycles. The Bertz CT molecular complexity index is 1120. The zero-order valence-corrected chi connectivity index (χ0v) is 17.6. The topological polar surface area (TPSA) is 72.5 Å². The van der Waals surface area contributed by atoms with Crippen LogP contribution in [0.15, 0.2) is 58.8 Å². The number of hydrogen-bond acceptors (Lipinski definition) is 5. The van der Waals surface area contributed by atoms with Crippen LogP contribution in [0.2, 0.25) is 5.02 Å². The first kappa shape index (κ1) is 20.4. The van der Waals surface area contributed by atoms with Crippen molar-refractivity contribution >= 4 is 44.6 Å². The van der Waals surface area contributed by atoms with Crippen LogP contribution in [-0.2, 0) is 14.8 Å². The van der Waals surface area contributed by atoms with E-state index in [1.54, 1.807) is 61.7 Å². The number of carbonyl (C=O) groups excluding carboxylic acids is 1. The molecule has 0 amide bonds. The summed E-state index contributed by atoms with van der Waals surface area (Å²) in [4.78, 5) is 13.0. The van der Waals surface area contributed by atoms with E-state index in [2.05, 4.69) is 4.72 Å². The molecule has 3 aromatic rings. The Morgan fingerprint density at radius 1 is 1.14 bits per heavy atom. The van der Waals surface area contributed by atoms with Crippen LogP contribution < -0.4 is 4.72 Å². The van der Waals surface area contributed by atoms with Gasteiger partial charge in [-0.2, -0.15) is 0 Å².